The van der Waals surface area contributed by atoms with E-state index in [1.807, 2.05) is 24.3 Å². The second-order valence-corrected chi connectivity index (χ2v) is 17.7. The minimum absolute atomic E-state index is 0.0631. The van der Waals surface area contributed by atoms with Crippen molar-refractivity contribution >= 4 is 59.1 Å². The Morgan fingerprint density at radius 3 is 2.33 bits per heavy atom. The first kappa shape index (κ1) is 45.8. The average Bonchev–Trinajstić information content (AvgIpc) is 3.66. The van der Waals surface area contributed by atoms with E-state index in [0.717, 1.165) is 30.4 Å². The molecule has 58 heavy (non-hydrogen) atoms. The van der Waals surface area contributed by atoms with Gasteiger partial charge in [0.15, 0.2) is 5.96 Å². The molecular weight excluding hydrogens is 765 g/mol. The number of guanidine groups is 1. The Morgan fingerprint density at radius 1 is 0.948 bits per heavy atom. The number of hydrogen-bond donors (Lipinski definition) is 8. The minimum Gasteiger partial charge on any atom is -0.370 e. The van der Waals surface area contributed by atoms with Crippen molar-refractivity contribution in [3.8, 4) is 0 Å². The number of primary amides is 1. The summed E-state index contributed by atoms with van der Waals surface area (Å²) in [6.45, 7) is 5.64. The van der Waals surface area contributed by atoms with Crippen molar-refractivity contribution in [1.82, 2.24) is 36.4 Å². The highest BCUT2D eigenvalue weighted by molar-refractivity contribution is 7.98. The van der Waals surface area contributed by atoms with Gasteiger partial charge in [-0.1, -0.05) is 64.3 Å². The molecule has 0 radical (unpaired) electrons. The van der Waals surface area contributed by atoms with Gasteiger partial charge in [0.1, 0.15) is 30.2 Å². The Bertz CT molecular complexity index is 1680. The van der Waals surface area contributed by atoms with E-state index < -0.39 is 65.2 Å². The summed E-state index contributed by atoms with van der Waals surface area (Å²) in [4.78, 5) is 98.4. The van der Waals surface area contributed by atoms with Gasteiger partial charge in [0.2, 0.25) is 41.4 Å². The van der Waals surface area contributed by atoms with Gasteiger partial charge in [0, 0.05) is 31.6 Å². The van der Waals surface area contributed by atoms with Crippen molar-refractivity contribution in [2.45, 2.75) is 121 Å². The average molecular weight is 827 g/mol. The number of amides is 7. The third-order valence-electron chi connectivity index (χ3n) is 11.0. The monoisotopic (exact) mass is 826 g/mol. The van der Waals surface area contributed by atoms with E-state index >= 15 is 0 Å². The molecule has 0 spiro atoms. The zero-order valence-corrected chi connectivity index (χ0v) is 35.0. The molecule has 2 aliphatic heterocycles. The number of hydrogen-bond acceptors (Lipinski definition) is 9. The molecule has 1 aromatic carbocycles. The number of nitrogens with two attached hydrogens (primary N) is 2. The Labute approximate surface area is 345 Å². The molecule has 320 valence electrons. The maximum Gasteiger partial charge on any atom is 0.244 e. The number of likely N-dealkylation sites (N-methyl/N-ethyl adjacent to an activating group) is 1. The molecule has 2 bridgehead atoms. The van der Waals surface area contributed by atoms with E-state index in [2.05, 4.69) is 26.6 Å². The topological polar surface area (TPSA) is 262 Å². The van der Waals surface area contributed by atoms with Crippen molar-refractivity contribution in [2.24, 2.45) is 22.8 Å². The summed E-state index contributed by atoms with van der Waals surface area (Å²) in [5.74, 6) is -3.61. The van der Waals surface area contributed by atoms with Gasteiger partial charge in [0.05, 0.1) is 13.0 Å². The van der Waals surface area contributed by atoms with Crippen molar-refractivity contribution in [1.29, 1.82) is 5.41 Å². The number of thioether (sulfide) groups is 1. The molecule has 0 unspecified atom stereocenters. The quantitative estimate of drug-likeness (QED) is 0.0906. The van der Waals surface area contributed by atoms with Crippen LogP contribution in [0.2, 0.25) is 0 Å². The molecule has 18 heteroatoms. The number of benzene rings is 1. The fourth-order valence-corrected chi connectivity index (χ4v) is 8.74. The highest BCUT2D eigenvalue weighted by atomic mass is 32.2. The molecule has 1 aromatic rings. The molecule has 1 saturated heterocycles. The third kappa shape index (κ3) is 13.3. The van der Waals surface area contributed by atoms with Crippen LogP contribution in [0.4, 0.5) is 0 Å². The van der Waals surface area contributed by atoms with Crippen LogP contribution < -0.4 is 38.1 Å². The van der Waals surface area contributed by atoms with Gasteiger partial charge in [-0.05, 0) is 61.0 Å². The van der Waals surface area contributed by atoms with Crippen LogP contribution in [0.3, 0.4) is 0 Å². The second-order valence-electron chi connectivity index (χ2n) is 16.7. The lowest BCUT2D eigenvalue weighted by molar-refractivity contribution is -0.143. The van der Waals surface area contributed by atoms with Gasteiger partial charge in [-0.2, -0.15) is 11.8 Å². The van der Waals surface area contributed by atoms with Crippen LogP contribution in [-0.4, -0.2) is 120 Å². The van der Waals surface area contributed by atoms with Gasteiger partial charge in [-0.3, -0.25) is 39.0 Å². The molecule has 5 atom stereocenters. The molecule has 4 rings (SSSR count). The Morgan fingerprint density at radius 2 is 1.66 bits per heavy atom. The molecule has 1 aliphatic carbocycles. The number of fused-ring (bicyclic) bond motifs is 3. The Balaban J connectivity index is 1.67. The van der Waals surface area contributed by atoms with Crippen molar-refractivity contribution in [2.75, 3.05) is 32.4 Å². The van der Waals surface area contributed by atoms with Crippen molar-refractivity contribution in [3.63, 3.8) is 0 Å². The summed E-state index contributed by atoms with van der Waals surface area (Å²) < 4.78 is 0. The van der Waals surface area contributed by atoms with E-state index in [0.29, 0.717) is 44.4 Å². The zero-order valence-electron chi connectivity index (χ0n) is 34.2. The van der Waals surface area contributed by atoms with Crippen LogP contribution in [-0.2, 0) is 45.7 Å². The van der Waals surface area contributed by atoms with Crippen LogP contribution in [0, 0.1) is 16.7 Å². The summed E-state index contributed by atoms with van der Waals surface area (Å²) in [7, 11) is 1.57. The van der Waals surface area contributed by atoms with Gasteiger partial charge < -0.3 is 47.9 Å². The van der Waals surface area contributed by atoms with Crippen molar-refractivity contribution < 1.29 is 33.6 Å². The maximum atomic E-state index is 14.4. The Kier molecular flexibility index (Phi) is 16.8. The maximum absolute atomic E-state index is 14.4. The van der Waals surface area contributed by atoms with Gasteiger partial charge in [-0.25, -0.2) is 0 Å². The van der Waals surface area contributed by atoms with Gasteiger partial charge in [0.25, 0.3) is 0 Å². The number of rotatable bonds is 10. The molecule has 1 saturated carbocycles. The smallest absolute Gasteiger partial charge is 0.244 e. The summed E-state index contributed by atoms with van der Waals surface area (Å²) in [6, 6.07) is 2.26. The van der Waals surface area contributed by atoms with Crippen LogP contribution >= 0.6 is 11.8 Å². The summed E-state index contributed by atoms with van der Waals surface area (Å²) >= 11 is 1.37. The minimum atomic E-state index is -1.16. The van der Waals surface area contributed by atoms with E-state index in [9.17, 15) is 33.6 Å². The number of nitrogens with one attached hydrogen (secondary N) is 6. The zero-order chi connectivity index (χ0) is 42.6. The molecule has 17 nitrogen and oxygen atoms in total. The summed E-state index contributed by atoms with van der Waals surface area (Å²) in [5, 5.41) is 21.5. The molecule has 0 aromatic heterocycles. The predicted molar refractivity (Wildman–Crippen MR) is 221 cm³/mol. The van der Waals surface area contributed by atoms with E-state index in [1.165, 1.54) is 21.6 Å². The first-order valence-electron chi connectivity index (χ1n) is 20.2. The van der Waals surface area contributed by atoms with Gasteiger partial charge in [-0.15, -0.1) is 0 Å². The van der Waals surface area contributed by atoms with Crippen molar-refractivity contribution in [3.05, 3.63) is 35.4 Å². The third-order valence-corrected chi connectivity index (χ3v) is 12.1. The molecule has 10 N–H and O–H groups in total. The second kappa shape index (κ2) is 21.2. The molecular formula is C40H62N10O7S. The lowest BCUT2D eigenvalue weighted by Crippen LogP contribution is -2.61. The van der Waals surface area contributed by atoms with E-state index in [4.69, 9.17) is 16.9 Å². The van der Waals surface area contributed by atoms with Crippen LogP contribution in [0.1, 0.15) is 89.7 Å². The summed E-state index contributed by atoms with van der Waals surface area (Å²) in [6.07, 6.45) is 5.57. The fraction of sp³-hybridized carbons (Fsp3) is 0.650. The van der Waals surface area contributed by atoms with Crippen LogP contribution in [0.15, 0.2) is 24.3 Å². The Hall–Kier alpha value is -4.87. The number of nitrogens with zero attached hydrogens (tertiary/aromatic N) is 2. The van der Waals surface area contributed by atoms with Crippen LogP contribution in [0.25, 0.3) is 0 Å². The van der Waals surface area contributed by atoms with E-state index in [1.54, 1.807) is 27.8 Å². The van der Waals surface area contributed by atoms with Gasteiger partial charge >= 0.3 is 0 Å². The number of carbonyl (C=O) groups is 7. The normalized spacial score (nSPS) is 22.9. The SMILES string of the molecule is CN1CC(=O)N2CCC[C@H]2C(=O)N[C@@H](C2CCCCC2)C(=O)N[C@H](C(=O)N[C@@H](CCCNC(=N)N)C(=O)N[C@H](C(N)=O)C(C)(C)C)CSCc2cccc(c2)CC1=O. The first-order chi connectivity index (χ1) is 27.4. The largest absolute Gasteiger partial charge is 0.370 e. The van der Waals surface area contributed by atoms with E-state index in [-0.39, 0.29) is 55.4 Å². The number of carbonyl (C=O) groups excluding carboxylic acids is 7. The lowest BCUT2D eigenvalue weighted by Gasteiger charge is -2.33. The molecule has 2 heterocycles. The lowest BCUT2D eigenvalue weighted by atomic mass is 9.83. The predicted octanol–water partition coefficient (Wildman–Crippen LogP) is 0.239. The molecule has 2 fully saturated rings. The molecule has 7 amide bonds. The highest BCUT2D eigenvalue weighted by Gasteiger charge is 2.40. The standard InChI is InChI=1S/C40H62N10O7S/c1-40(2,3)33(34(41)53)48-35(54)27(15-9-17-44-39(42)43)45-36(55)28-23-58-22-25-12-8-11-24(19-25)20-30(51)49(4)21-31(52)50-18-10-16-29(50)37(56)47-32(38(57)46-28)26-13-6-5-7-14-26/h8,11-12,19,26-29,32-33H,5-7,9-10,13-18,20-23H2,1-4H3,(H2,41,53)(H,45,55)(H,46,57)(H,47,56)(H,48,54)(H4,42,43,44)/t27-,28-,29-,32-,33+/m0/s1. The first-order valence-corrected chi connectivity index (χ1v) is 21.4. The molecule has 3 aliphatic rings. The fourth-order valence-electron chi connectivity index (χ4n) is 7.74. The highest BCUT2D eigenvalue weighted by Crippen LogP contribution is 2.28. The summed E-state index contributed by atoms with van der Waals surface area (Å²) in [5.41, 5.74) is 12.0. The van der Waals surface area contributed by atoms with Crippen LogP contribution in [0.5, 0.6) is 0 Å².